The lowest BCUT2D eigenvalue weighted by molar-refractivity contribution is -0.133. The third kappa shape index (κ3) is 3.32. The molecule has 1 atom stereocenters. The predicted molar refractivity (Wildman–Crippen MR) is 111 cm³/mol. The van der Waals surface area contributed by atoms with Crippen molar-refractivity contribution in [1.82, 2.24) is 9.88 Å². The molecule has 0 radical (unpaired) electrons. The molecule has 1 amide bonds. The summed E-state index contributed by atoms with van der Waals surface area (Å²) in [5.41, 5.74) is 9.71. The number of aromatic nitrogens is 1. The van der Waals surface area contributed by atoms with E-state index >= 15 is 0 Å². The van der Waals surface area contributed by atoms with E-state index in [-0.39, 0.29) is 11.9 Å². The summed E-state index contributed by atoms with van der Waals surface area (Å²) < 4.78 is 0. The lowest BCUT2D eigenvalue weighted by atomic mass is 9.92. The predicted octanol–water partition coefficient (Wildman–Crippen LogP) is 4.95. The molecule has 7 heteroatoms. The van der Waals surface area contributed by atoms with Crippen molar-refractivity contribution in [3.05, 3.63) is 68.3 Å². The molecule has 1 aliphatic heterocycles. The lowest BCUT2D eigenvalue weighted by Gasteiger charge is -2.36. The second-order valence-electron chi connectivity index (χ2n) is 6.66. The standard InChI is InChI=1S/C20H18Cl3N3O/c21-12-2-4-17-14(10-12)13-6-8-26(18(27)5-7-24)20(19(13)25-17)11-1-3-15(22)16(23)9-11/h1-4,9-10,20,25H,5-8,24H2. The maximum atomic E-state index is 12.8. The molecule has 0 aliphatic carbocycles. The van der Waals surface area contributed by atoms with Crippen LogP contribution in [0.25, 0.3) is 10.9 Å². The highest BCUT2D eigenvalue weighted by molar-refractivity contribution is 6.42. The molecule has 3 N–H and O–H groups in total. The number of hydrogen-bond donors (Lipinski definition) is 2. The topological polar surface area (TPSA) is 62.1 Å². The second-order valence-corrected chi connectivity index (χ2v) is 7.91. The van der Waals surface area contributed by atoms with Gasteiger partial charge in [0, 0.05) is 41.1 Å². The van der Waals surface area contributed by atoms with Crippen molar-refractivity contribution in [3.63, 3.8) is 0 Å². The Hall–Kier alpha value is -1.72. The number of carbonyl (C=O) groups is 1. The van der Waals surface area contributed by atoms with E-state index in [0.717, 1.165) is 28.6 Å². The number of rotatable bonds is 3. The summed E-state index contributed by atoms with van der Waals surface area (Å²) >= 11 is 18.6. The van der Waals surface area contributed by atoms with Crippen molar-refractivity contribution in [2.75, 3.05) is 13.1 Å². The van der Waals surface area contributed by atoms with E-state index in [0.29, 0.717) is 34.6 Å². The Balaban J connectivity index is 1.90. The number of nitrogens with one attached hydrogen (secondary N) is 1. The zero-order valence-corrected chi connectivity index (χ0v) is 16.7. The van der Waals surface area contributed by atoms with Crippen molar-refractivity contribution in [3.8, 4) is 0 Å². The first-order valence-electron chi connectivity index (χ1n) is 8.74. The molecule has 4 rings (SSSR count). The van der Waals surface area contributed by atoms with Crippen molar-refractivity contribution in [2.24, 2.45) is 5.73 Å². The number of H-pyrrole nitrogens is 1. The summed E-state index contributed by atoms with van der Waals surface area (Å²) in [5, 5.41) is 2.73. The number of nitrogens with two attached hydrogens (primary N) is 1. The largest absolute Gasteiger partial charge is 0.356 e. The molecule has 3 aromatic rings. The van der Waals surface area contributed by atoms with Gasteiger partial charge in [-0.3, -0.25) is 4.79 Å². The fourth-order valence-electron chi connectivity index (χ4n) is 3.83. The normalized spacial score (nSPS) is 16.6. The molecule has 0 fully saturated rings. The van der Waals surface area contributed by atoms with E-state index in [1.54, 1.807) is 6.07 Å². The first-order chi connectivity index (χ1) is 13.0. The summed E-state index contributed by atoms with van der Waals surface area (Å²) in [5.74, 6) is 0.0240. The zero-order valence-electron chi connectivity index (χ0n) is 14.4. The van der Waals surface area contributed by atoms with E-state index in [9.17, 15) is 4.79 Å². The van der Waals surface area contributed by atoms with Gasteiger partial charge in [0.2, 0.25) is 5.91 Å². The van der Waals surface area contributed by atoms with Gasteiger partial charge in [0.25, 0.3) is 0 Å². The molecule has 2 aromatic carbocycles. The summed E-state index contributed by atoms with van der Waals surface area (Å²) in [4.78, 5) is 18.1. The fraction of sp³-hybridized carbons (Fsp3) is 0.250. The molecule has 4 nitrogen and oxygen atoms in total. The first-order valence-corrected chi connectivity index (χ1v) is 9.87. The zero-order chi connectivity index (χ0) is 19.1. The first kappa shape index (κ1) is 18.6. The maximum Gasteiger partial charge on any atom is 0.224 e. The summed E-state index contributed by atoms with van der Waals surface area (Å²) in [6.07, 6.45) is 1.06. The number of halogens is 3. The minimum absolute atomic E-state index is 0.0240. The monoisotopic (exact) mass is 421 g/mol. The molecule has 1 aromatic heterocycles. The number of amides is 1. The minimum Gasteiger partial charge on any atom is -0.356 e. The Morgan fingerprint density at radius 1 is 1.15 bits per heavy atom. The van der Waals surface area contributed by atoms with Crippen molar-refractivity contribution >= 4 is 51.6 Å². The molecule has 0 saturated heterocycles. The van der Waals surface area contributed by atoms with Gasteiger partial charge in [-0.05, 0) is 47.9 Å². The van der Waals surface area contributed by atoms with Crippen LogP contribution in [0.3, 0.4) is 0 Å². The quantitative estimate of drug-likeness (QED) is 0.627. The highest BCUT2D eigenvalue weighted by Gasteiger charge is 2.34. The SMILES string of the molecule is NCCC(=O)N1CCc2c([nH]c3ccc(Cl)cc23)C1c1ccc(Cl)c(Cl)c1. The van der Waals surface area contributed by atoms with Gasteiger partial charge in [-0.15, -0.1) is 0 Å². The number of carbonyl (C=O) groups excluding carboxylic acids is 1. The summed E-state index contributed by atoms with van der Waals surface area (Å²) in [6.45, 7) is 0.925. The second kappa shape index (κ2) is 7.36. The van der Waals surface area contributed by atoms with E-state index < -0.39 is 0 Å². The molecule has 0 spiro atoms. The van der Waals surface area contributed by atoms with Crippen LogP contribution in [-0.2, 0) is 11.2 Å². The fourth-order valence-corrected chi connectivity index (χ4v) is 4.30. The van der Waals surface area contributed by atoms with Crippen molar-refractivity contribution in [2.45, 2.75) is 18.9 Å². The van der Waals surface area contributed by atoms with Crippen molar-refractivity contribution < 1.29 is 4.79 Å². The third-order valence-electron chi connectivity index (χ3n) is 5.03. The van der Waals surface area contributed by atoms with Crippen LogP contribution in [0.4, 0.5) is 0 Å². The number of aromatic amines is 1. The van der Waals surface area contributed by atoms with Crippen LogP contribution in [0.1, 0.15) is 29.3 Å². The molecule has 0 bridgehead atoms. The van der Waals surface area contributed by atoms with E-state index in [4.69, 9.17) is 40.5 Å². The highest BCUT2D eigenvalue weighted by atomic mass is 35.5. The van der Waals surface area contributed by atoms with Crippen LogP contribution in [0, 0.1) is 0 Å². The Kier molecular flexibility index (Phi) is 5.08. The van der Waals surface area contributed by atoms with Gasteiger partial charge in [-0.2, -0.15) is 0 Å². The molecule has 140 valence electrons. The van der Waals surface area contributed by atoms with Gasteiger partial charge in [0.15, 0.2) is 0 Å². The minimum atomic E-state index is -0.270. The highest BCUT2D eigenvalue weighted by Crippen LogP contribution is 2.40. The molecule has 1 aliphatic rings. The van der Waals surface area contributed by atoms with Gasteiger partial charge in [-0.25, -0.2) is 0 Å². The molecular weight excluding hydrogens is 405 g/mol. The number of benzene rings is 2. The maximum absolute atomic E-state index is 12.8. The Morgan fingerprint density at radius 3 is 2.70 bits per heavy atom. The average Bonchev–Trinajstić information content (AvgIpc) is 3.01. The van der Waals surface area contributed by atoms with Crippen LogP contribution >= 0.6 is 34.8 Å². The van der Waals surface area contributed by atoms with Gasteiger partial charge in [0.05, 0.1) is 16.1 Å². The van der Waals surface area contributed by atoms with Crippen LogP contribution in [0.15, 0.2) is 36.4 Å². The van der Waals surface area contributed by atoms with Crippen LogP contribution < -0.4 is 5.73 Å². The summed E-state index contributed by atoms with van der Waals surface area (Å²) in [7, 11) is 0. The van der Waals surface area contributed by atoms with Crippen LogP contribution in [0.5, 0.6) is 0 Å². The van der Waals surface area contributed by atoms with E-state index in [1.165, 1.54) is 5.56 Å². The summed E-state index contributed by atoms with van der Waals surface area (Å²) in [6, 6.07) is 11.0. The van der Waals surface area contributed by atoms with Crippen LogP contribution in [-0.4, -0.2) is 28.9 Å². The Labute approximate surface area is 172 Å². The Morgan fingerprint density at radius 2 is 1.96 bits per heavy atom. The van der Waals surface area contributed by atoms with E-state index in [1.807, 2.05) is 35.2 Å². The van der Waals surface area contributed by atoms with Gasteiger partial charge < -0.3 is 15.6 Å². The smallest absolute Gasteiger partial charge is 0.224 e. The lowest BCUT2D eigenvalue weighted by Crippen LogP contribution is -2.41. The third-order valence-corrected chi connectivity index (χ3v) is 6.00. The number of fused-ring (bicyclic) bond motifs is 3. The van der Waals surface area contributed by atoms with E-state index in [2.05, 4.69) is 4.98 Å². The van der Waals surface area contributed by atoms with Crippen LogP contribution in [0.2, 0.25) is 15.1 Å². The number of hydrogen-bond acceptors (Lipinski definition) is 2. The molecular formula is C20H18Cl3N3O. The molecule has 1 unspecified atom stereocenters. The number of nitrogens with zero attached hydrogens (tertiary/aromatic N) is 1. The molecule has 2 heterocycles. The van der Waals surface area contributed by atoms with Gasteiger partial charge >= 0.3 is 0 Å². The van der Waals surface area contributed by atoms with Crippen molar-refractivity contribution in [1.29, 1.82) is 0 Å². The van der Waals surface area contributed by atoms with Gasteiger partial charge in [-0.1, -0.05) is 40.9 Å². The average molecular weight is 423 g/mol. The Bertz CT molecular complexity index is 1030. The molecule has 27 heavy (non-hydrogen) atoms. The van der Waals surface area contributed by atoms with Gasteiger partial charge in [0.1, 0.15) is 0 Å². The molecule has 0 saturated carbocycles.